The predicted molar refractivity (Wildman–Crippen MR) is 105 cm³/mol. The number of likely N-dealkylation sites (tertiary alicyclic amines) is 3. The van der Waals surface area contributed by atoms with Gasteiger partial charge in [-0.1, -0.05) is 6.42 Å². The molecule has 1 N–H and O–H groups in total. The van der Waals surface area contributed by atoms with E-state index in [9.17, 15) is 0 Å². The Kier molecular flexibility index (Phi) is 6.68. The molecule has 4 aliphatic rings. The zero-order valence-electron chi connectivity index (χ0n) is 16.3. The van der Waals surface area contributed by atoms with Crippen molar-refractivity contribution >= 4 is 0 Å². The van der Waals surface area contributed by atoms with Crippen molar-refractivity contribution in [3.05, 3.63) is 0 Å². The van der Waals surface area contributed by atoms with Crippen LogP contribution in [-0.2, 0) is 0 Å². The molecule has 144 valence electrons. The van der Waals surface area contributed by atoms with Crippen molar-refractivity contribution in [2.75, 3.05) is 65.4 Å². The molecule has 4 aliphatic heterocycles. The molecule has 0 aliphatic carbocycles. The number of hydrogen-bond donors (Lipinski definition) is 1. The van der Waals surface area contributed by atoms with Crippen molar-refractivity contribution in [1.82, 2.24) is 20.0 Å². The van der Waals surface area contributed by atoms with Gasteiger partial charge in [-0.2, -0.15) is 0 Å². The van der Waals surface area contributed by atoms with Crippen LogP contribution in [0.3, 0.4) is 0 Å². The van der Waals surface area contributed by atoms with Crippen LogP contribution in [-0.4, -0.2) is 86.2 Å². The van der Waals surface area contributed by atoms with Crippen LogP contribution in [0.4, 0.5) is 0 Å². The molecule has 0 bridgehead atoms. The van der Waals surface area contributed by atoms with Crippen molar-refractivity contribution in [3.63, 3.8) is 0 Å². The fraction of sp³-hybridized carbons (Fsp3) is 1.00. The Hall–Kier alpha value is -0.160. The van der Waals surface area contributed by atoms with E-state index in [2.05, 4.69) is 20.0 Å². The molecule has 4 heteroatoms. The summed E-state index contributed by atoms with van der Waals surface area (Å²) in [4.78, 5) is 8.37. The van der Waals surface area contributed by atoms with Gasteiger partial charge in [0.15, 0.2) is 0 Å². The highest BCUT2D eigenvalue weighted by Crippen LogP contribution is 2.26. The topological polar surface area (TPSA) is 21.8 Å². The first-order valence-electron chi connectivity index (χ1n) is 11.3. The highest BCUT2D eigenvalue weighted by Gasteiger charge is 2.32. The molecule has 0 aromatic rings. The van der Waals surface area contributed by atoms with Gasteiger partial charge in [0.2, 0.25) is 0 Å². The summed E-state index contributed by atoms with van der Waals surface area (Å²) in [6.07, 6.45) is 11.4. The highest BCUT2D eigenvalue weighted by molar-refractivity contribution is 4.88. The van der Waals surface area contributed by atoms with Gasteiger partial charge in [-0.3, -0.25) is 4.90 Å². The van der Waals surface area contributed by atoms with Crippen LogP contribution >= 0.6 is 0 Å². The lowest BCUT2D eigenvalue weighted by atomic mass is 9.94. The Labute approximate surface area is 155 Å². The van der Waals surface area contributed by atoms with E-state index in [1.54, 1.807) is 0 Å². The molecule has 25 heavy (non-hydrogen) atoms. The molecule has 0 aromatic heterocycles. The van der Waals surface area contributed by atoms with E-state index in [1.165, 1.54) is 117 Å². The van der Waals surface area contributed by atoms with Crippen molar-refractivity contribution < 1.29 is 0 Å². The predicted octanol–water partition coefficient (Wildman–Crippen LogP) is 2.26. The van der Waals surface area contributed by atoms with E-state index >= 15 is 0 Å². The Bertz CT molecular complexity index is 381. The second kappa shape index (κ2) is 9.16. The zero-order chi connectivity index (χ0) is 16.9. The fourth-order valence-corrected chi connectivity index (χ4v) is 5.71. The summed E-state index contributed by atoms with van der Waals surface area (Å²) in [7, 11) is 0. The maximum Gasteiger partial charge on any atom is 0.0235 e. The Morgan fingerprint density at radius 1 is 0.640 bits per heavy atom. The molecule has 0 saturated carbocycles. The van der Waals surface area contributed by atoms with Gasteiger partial charge in [-0.25, -0.2) is 0 Å². The molecule has 4 heterocycles. The molecule has 4 nitrogen and oxygen atoms in total. The maximum atomic E-state index is 3.50. The van der Waals surface area contributed by atoms with Gasteiger partial charge < -0.3 is 15.1 Å². The average Bonchev–Trinajstić information content (AvgIpc) is 3.12. The lowest BCUT2D eigenvalue weighted by Gasteiger charge is -2.38. The van der Waals surface area contributed by atoms with E-state index in [1.807, 2.05) is 0 Å². The first kappa shape index (κ1) is 18.2. The third-order valence-electron chi connectivity index (χ3n) is 7.35. The van der Waals surface area contributed by atoms with Crippen LogP contribution in [0.25, 0.3) is 0 Å². The van der Waals surface area contributed by atoms with Gasteiger partial charge in [0.25, 0.3) is 0 Å². The SMILES string of the molecule is C1CCN(CC2CCN(C3CCN(CC4CCNCC4)C3)CC2)CC1. The molecule has 0 radical (unpaired) electrons. The fourth-order valence-electron chi connectivity index (χ4n) is 5.71. The Morgan fingerprint density at radius 3 is 2.08 bits per heavy atom. The summed E-state index contributed by atoms with van der Waals surface area (Å²) >= 11 is 0. The lowest BCUT2D eigenvalue weighted by Crippen LogP contribution is -2.45. The van der Waals surface area contributed by atoms with Gasteiger partial charge >= 0.3 is 0 Å². The molecule has 4 fully saturated rings. The highest BCUT2D eigenvalue weighted by atomic mass is 15.3. The number of piperidine rings is 3. The summed E-state index contributed by atoms with van der Waals surface area (Å²) < 4.78 is 0. The van der Waals surface area contributed by atoms with Crippen LogP contribution in [0.2, 0.25) is 0 Å². The quantitative estimate of drug-likeness (QED) is 0.823. The summed E-state index contributed by atoms with van der Waals surface area (Å²) in [5.41, 5.74) is 0. The van der Waals surface area contributed by atoms with Crippen LogP contribution < -0.4 is 5.32 Å². The van der Waals surface area contributed by atoms with Gasteiger partial charge in [0.1, 0.15) is 0 Å². The van der Waals surface area contributed by atoms with Gasteiger partial charge in [-0.05, 0) is 103 Å². The number of hydrogen-bond acceptors (Lipinski definition) is 4. The Balaban J connectivity index is 1.15. The summed E-state index contributed by atoms with van der Waals surface area (Å²) in [5.74, 6) is 1.93. The molecule has 0 amide bonds. The van der Waals surface area contributed by atoms with E-state index in [4.69, 9.17) is 0 Å². The summed E-state index contributed by atoms with van der Waals surface area (Å²) in [5, 5.41) is 3.50. The van der Waals surface area contributed by atoms with Gasteiger partial charge in [0, 0.05) is 25.7 Å². The first-order valence-corrected chi connectivity index (χ1v) is 11.3. The van der Waals surface area contributed by atoms with Crippen LogP contribution in [0.15, 0.2) is 0 Å². The first-order chi connectivity index (χ1) is 12.4. The zero-order valence-corrected chi connectivity index (χ0v) is 16.3. The van der Waals surface area contributed by atoms with Gasteiger partial charge in [-0.15, -0.1) is 0 Å². The smallest absolute Gasteiger partial charge is 0.0235 e. The average molecular weight is 349 g/mol. The molecule has 0 spiro atoms. The van der Waals surface area contributed by atoms with Crippen molar-refractivity contribution in [1.29, 1.82) is 0 Å². The molecule has 4 saturated heterocycles. The molecular weight excluding hydrogens is 308 g/mol. The second-order valence-electron chi connectivity index (χ2n) is 9.24. The molecular formula is C21H40N4. The van der Waals surface area contributed by atoms with Crippen molar-refractivity contribution in [2.45, 2.75) is 57.4 Å². The van der Waals surface area contributed by atoms with Crippen molar-refractivity contribution in [2.24, 2.45) is 11.8 Å². The Morgan fingerprint density at radius 2 is 1.32 bits per heavy atom. The third-order valence-corrected chi connectivity index (χ3v) is 7.35. The standard InChI is InChI=1S/C21H40N4/c1-2-11-23(12-3-1)16-20-6-14-25(15-7-20)21-8-13-24(18-21)17-19-4-9-22-10-5-19/h19-22H,1-18H2. The molecule has 0 aromatic carbocycles. The van der Waals surface area contributed by atoms with E-state index in [-0.39, 0.29) is 0 Å². The van der Waals surface area contributed by atoms with E-state index in [0.717, 1.165) is 17.9 Å². The maximum absolute atomic E-state index is 3.50. The minimum absolute atomic E-state index is 0.859. The van der Waals surface area contributed by atoms with E-state index in [0.29, 0.717) is 0 Å². The third kappa shape index (κ3) is 5.18. The minimum atomic E-state index is 0.859. The van der Waals surface area contributed by atoms with Crippen molar-refractivity contribution in [3.8, 4) is 0 Å². The summed E-state index contributed by atoms with van der Waals surface area (Å²) in [6.45, 7) is 13.4. The summed E-state index contributed by atoms with van der Waals surface area (Å²) in [6, 6.07) is 0.859. The molecule has 4 rings (SSSR count). The number of nitrogens with zero attached hydrogens (tertiary/aromatic N) is 3. The van der Waals surface area contributed by atoms with Crippen LogP contribution in [0, 0.1) is 11.8 Å². The molecule has 1 unspecified atom stereocenters. The number of rotatable bonds is 5. The number of nitrogens with one attached hydrogen (secondary N) is 1. The monoisotopic (exact) mass is 348 g/mol. The minimum Gasteiger partial charge on any atom is -0.317 e. The van der Waals surface area contributed by atoms with Crippen LogP contribution in [0.1, 0.15) is 51.4 Å². The van der Waals surface area contributed by atoms with E-state index < -0.39 is 0 Å². The largest absolute Gasteiger partial charge is 0.317 e. The second-order valence-corrected chi connectivity index (χ2v) is 9.24. The molecule has 1 atom stereocenters. The normalized spacial score (nSPS) is 32.4. The van der Waals surface area contributed by atoms with Crippen LogP contribution in [0.5, 0.6) is 0 Å². The lowest BCUT2D eigenvalue weighted by molar-refractivity contribution is 0.103. The van der Waals surface area contributed by atoms with Gasteiger partial charge in [0.05, 0.1) is 0 Å².